The minimum atomic E-state index is 0.168. The number of halogens is 1. The van der Waals surface area contributed by atoms with Crippen LogP contribution in [-0.2, 0) is 6.42 Å². The van der Waals surface area contributed by atoms with E-state index in [1.807, 2.05) is 12.1 Å². The van der Waals surface area contributed by atoms with Gasteiger partial charge in [-0.15, -0.1) is 11.8 Å². The van der Waals surface area contributed by atoms with Crippen molar-refractivity contribution in [3.63, 3.8) is 0 Å². The van der Waals surface area contributed by atoms with E-state index in [1.165, 1.54) is 22.6 Å². The van der Waals surface area contributed by atoms with Crippen molar-refractivity contribution in [3.8, 4) is 5.69 Å². The molecule has 0 N–H and O–H groups in total. The molecular formula is C18H21ClN2S. The molecule has 0 spiro atoms. The van der Waals surface area contributed by atoms with Gasteiger partial charge in [-0.1, -0.05) is 25.4 Å². The number of aliphatic imine (C=N–C) groups is 1. The maximum atomic E-state index is 6.04. The molecule has 0 fully saturated rings. The number of rotatable bonds is 1. The SMILES string of the molecule is CSC1=NCC(C)(C)Cc2c1cc(C)n2-c1ccc(Cl)cc1. The summed E-state index contributed by atoms with van der Waals surface area (Å²) in [5, 5.41) is 1.92. The molecule has 22 heavy (non-hydrogen) atoms. The maximum absolute atomic E-state index is 6.04. The molecule has 0 unspecified atom stereocenters. The van der Waals surface area contributed by atoms with Crippen LogP contribution in [-0.4, -0.2) is 22.4 Å². The van der Waals surface area contributed by atoms with Gasteiger partial charge in [0.15, 0.2) is 0 Å². The fraction of sp³-hybridized carbons (Fsp3) is 0.389. The van der Waals surface area contributed by atoms with E-state index in [0.29, 0.717) is 0 Å². The third-order valence-electron chi connectivity index (χ3n) is 4.09. The zero-order valence-electron chi connectivity index (χ0n) is 13.5. The number of aryl methyl sites for hydroxylation is 1. The Morgan fingerprint density at radius 1 is 1.23 bits per heavy atom. The van der Waals surface area contributed by atoms with E-state index in [9.17, 15) is 0 Å². The Hall–Kier alpha value is -1.19. The standard InChI is InChI=1S/C18H21ClN2S/c1-12-9-15-16(10-18(2,3)11-20-17(15)22-4)21(12)14-7-5-13(19)6-8-14/h5-9H,10-11H2,1-4H3. The van der Waals surface area contributed by atoms with Gasteiger partial charge in [-0.25, -0.2) is 0 Å². The predicted octanol–water partition coefficient (Wildman–Crippen LogP) is 5.13. The van der Waals surface area contributed by atoms with Gasteiger partial charge in [0.1, 0.15) is 0 Å². The predicted molar refractivity (Wildman–Crippen MR) is 97.9 cm³/mol. The smallest absolute Gasteiger partial charge is 0.0992 e. The molecule has 0 amide bonds. The molecule has 3 rings (SSSR count). The monoisotopic (exact) mass is 332 g/mol. The lowest BCUT2D eigenvalue weighted by Gasteiger charge is -2.22. The fourth-order valence-electron chi connectivity index (χ4n) is 3.05. The van der Waals surface area contributed by atoms with Crippen LogP contribution in [0.15, 0.2) is 35.3 Å². The molecule has 1 aliphatic rings. The Morgan fingerprint density at radius 2 is 1.91 bits per heavy atom. The summed E-state index contributed by atoms with van der Waals surface area (Å²) in [6, 6.07) is 10.3. The minimum absolute atomic E-state index is 0.168. The van der Waals surface area contributed by atoms with Gasteiger partial charge in [-0.3, -0.25) is 4.99 Å². The van der Waals surface area contributed by atoms with Crippen LogP contribution in [0.1, 0.15) is 30.8 Å². The van der Waals surface area contributed by atoms with E-state index in [0.717, 1.165) is 23.0 Å². The summed E-state index contributed by atoms with van der Waals surface area (Å²) >= 11 is 7.78. The largest absolute Gasteiger partial charge is 0.317 e. The lowest BCUT2D eigenvalue weighted by Crippen LogP contribution is -2.20. The normalized spacial score (nSPS) is 16.9. The Morgan fingerprint density at radius 3 is 2.55 bits per heavy atom. The second kappa shape index (κ2) is 5.78. The first-order valence-electron chi connectivity index (χ1n) is 7.47. The summed E-state index contributed by atoms with van der Waals surface area (Å²) in [6.45, 7) is 7.61. The molecule has 0 saturated carbocycles. The molecule has 2 heterocycles. The molecular weight excluding hydrogens is 312 g/mol. The Balaban J connectivity index is 2.20. The molecule has 2 nitrogen and oxygen atoms in total. The van der Waals surface area contributed by atoms with Crippen LogP contribution in [0.3, 0.4) is 0 Å². The molecule has 2 aromatic rings. The Bertz CT molecular complexity index is 726. The van der Waals surface area contributed by atoms with Crippen LogP contribution in [0.2, 0.25) is 5.02 Å². The van der Waals surface area contributed by atoms with Crippen molar-refractivity contribution in [2.24, 2.45) is 10.4 Å². The van der Waals surface area contributed by atoms with Crippen molar-refractivity contribution < 1.29 is 0 Å². The Kier molecular flexibility index (Phi) is 4.13. The summed E-state index contributed by atoms with van der Waals surface area (Å²) in [5.74, 6) is 0. The molecule has 0 atom stereocenters. The number of hydrogen-bond donors (Lipinski definition) is 0. The first-order chi connectivity index (χ1) is 10.4. The summed E-state index contributed by atoms with van der Waals surface area (Å²) in [7, 11) is 0. The quantitative estimate of drug-likeness (QED) is 0.707. The topological polar surface area (TPSA) is 17.3 Å². The molecule has 116 valence electrons. The number of benzene rings is 1. The fourth-order valence-corrected chi connectivity index (χ4v) is 3.77. The van der Waals surface area contributed by atoms with Gasteiger partial charge in [0.05, 0.1) is 5.04 Å². The van der Waals surface area contributed by atoms with Gasteiger partial charge in [-0.05, 0) is 55.3 Å². The lowest BCUT2D eigenvalue weighted by molar-refractivity contribution is 0.374. The van der Waals surface area contributed by atoms with Crippen molar-refractivity contribution in [2.45, 2.75) is 27.2 Å². The summed E-state index contributed by atoms with van der Waals surface area (Å²) in [4.78, 5) is 4.84. The van der Waals surface area contributed by atoms with E-state index in [2.05, 4.69) is 49.8 Å². The molecule has 0 saturated heterocycles. The van der Waals surface area contributed by atoms with Crippen LogP contribution in [0.5, 0.6) is 0 Å². The highest BCUT2D eigenvalue weighted by atomic mass is 35.5. The first-order valence-corrected chi connectivity index (χ1v) is 9.07. The molecule has 0 bridgehead atoms. The average Bonchev–Trinajstić information content (AvgIpc) is 2.70. The number of hydrogen-bond acceptors (Lipinski definition) is 2. The number of aromatic nitrogens is 1. The van der Waals surface area contributed by atoms with Crippen molar-refractivity contribution in [2.75, 3.05) is 12.8 Å². The third-order valence-corrected chi connectivity index (χ3v) is 5.08. The lowest BCUT2D eigenvalue weighted by atomic mass is 9.88. The minimum Gasteiger partial charge on any atom is -0.317 e. The van der Waals surface area contributed by atoms with E-state index >= 15 is 0 Å². The maximum Gasteiger partial charge on any atom is 0.0992 e. The van der Waals surface area contributed by atoms with Crippen LogP contribution >= 0.6 is 23.4 Å². The van der Waals surface area contributed by atoms with E-state index < -0.39 is 0 Å². The highest BCUT2D eigenvalue weighted by Crippen LogP contribution is 2.34. The Labute approximate surface area is 141 Å². The number of fused-ring (bicyclic) bond motifs is 1. The molecule has 1 aliphatic heterocycles. The van der Waals surface area contributed by atoms with Gasteiger partial charge >= 0.3 is 0 Å². The van der Waals surface area contributed by atoms with Gasteiger partial charge in [0, 0.05) is 34.2 Å². The van der Waals surface area contributed by atoms with Crippen molar-refractivity contribution >= 4 is 28.4 Å². The van der Waals surface area contributed by atoms with Crippen molar-refractivity contribution in [3.05, 3.63) is 52.3 Å². The summed E-state index contributed by atoms with van der Waals surface area (Å²) < 4.78 is 2.35. The van der Waals surface area contributed by atoms with Crippen LogP contribution in [0, 0.1) is 12.3 Å². The van der Waals surface area contributed by atoms with Gasteiger partial charge in [0.2, 0.25) is 0 Å². The third kappa shape index (κ3) is 2.84. The number of nitrogens with zero attached hydrogens (tertiary/aromatic N) is 2. The summed E-state index contributed by atoms with van der Waals surface area (Å²) in [6.07, 6.45) is 3.13. The van der Waals surface area contributed by atoms with Crippen LogP contribution < -0.4 is 0 Å². The van der Waals surface area contributed by atoms with E-state index in [1.54, 1.807) is 11.8 Å². The molecule has 0 aliphatic carbocycles. The molecule has 4 heteroatoms. The van der Waals surface area contributed by atoms with Crippen LogP contribution in [0.4, 0.5) is 0 Å². The number of thioether (sulfide) groups is 1. The zero-order chi connectivity index (χ0) is 15.9. The molecule has 1 aromatic heterocycles. The summed E-state index contributed by atoms with van der Waals surface area (Å²) in [5.41, 5.74) is 5.22. The van der Waals surface area contributed by atoms with E-state index in [-0.39, 0.29) is 5.41 Å². The highest BCUT2D eigenvalue weighted by molar-refractivity contribution is 8.13. The second-order valence-corrected chi connectivity index (χ2v) is 7.86. The van der Waals surface area contributed by atoms with Gasteiger partial charge in [-0.2, -0.15) is 0 Å². The van der Waals surface area contributed by atoms with Crippen LogP contribution in [0.25, 0.3) is 5.69 Å². The second-order valence-electron chi connectivity index (χ2n) is 6.62. The first kappa shape index (κ1) is 15.7. The molecule has 1 aromatic carbocycles. The highest BCUT2D eigenvalue weighted by Gasteiger charge is 2.28. The van der Waals surface area contributed by atoms with E-state index in [4.69, 9.17) is 16.6 Å². The van der Waals surface area contributed by atoms with Crippen molar-refractivity contribution in [1.82, 2.24) is 4.57 Å². The average molecular weight is 333 g/mol. The van der Waals surface area contributed by atoms with Gasteiger partial charge < -0.3 is 4.57 Å². The molecule has 0 radical (unpaired) electrons. The van der Waals surface area contributed by atoms with Crippen molar-refractivity contribution in [1.29, 1.82) is 0 Å². The van der Waals surface area contributed by atoms with Gasteiger partial charge in [0.25, 0.3) is 0 Å². The zero-order valence-corrected chi connectivity index (χ0v) is 15.1.